The van der Waals surface area contributed by atoms with Gasteiger partial charge in [0.1, 0.15) is 5.75 Å². The Hall–Kier alpha value is -0.950. The summed E-state index contributed by atoms with van der Waals surface area (Å²) in [6.07, 6.45) is 1.87. The Kier molecular flexibility index (Phi) is 3.81. The molecule has 0 spiro atoms. The van der Waals surface area contributed by atoms with Crippen molar-refractivity contribution in [3.8, 4) is 0 Å². The predicted molar refractivity (Wildman–Crippen MR) is 54.9 cm³/mol. The number of hydrogen-bond donors (Lipinski definition) is 1. The summed E-state index contributed by atoms with van der Waals surface area (Å²) in [5, 5.41) is 3.60. The van der Waals surface area contributed by atoms with Crippen LogP contribution >= 0.6 is 0 Å². The van der Waals surface area contributed by atoms with Crippen molar-refractivity contribution in [1.29, 1.82) is 0 Å². The third kappa shape index (κ3) is 3.96. The minimum absolute atomic E-state index is 0.0656. The first-order valence-corrected chi connectivity index (χ1v) is 6.68. The van der Waals surface area contributed by atoms with Gasteiger partial charge in [-0.25, -0.2) is 8.42 Å². The molecule has 0 radical (unpaired) electrons. The zero-order valence-corrected chi connectivity index (χ0v) is 9.62. The summed E-state index contributed by atoms with van der Waals surface area (Å²) in [6.45, 7) is 2.44. The van der Waals surface area contributed by atoms with Gasteiger partial charge in [-0.3, -0.25) is 0 Å². The fourth-order valence-electron chi connectivity index (χ4n) is 1.13. The molecule has 0 aliphatic heterocycles. The molecule has 0 fully saturated rings. The van der Waals surface area contributed by atoms with Crippen LogP contribution in [0.2, 0.25) is 0 Å². The van der Waals surface area contributed by atoms with Crippen molar-refractivity contribution in [2.24, 2.45) is 5.73 Å². The number of nitrogens with two attached hydrogens (primary N) is 1. The van der Waals surface area contributed by atoms with E-state index in [4.69, 9.17) is 10.3 Å². The highest BCUT2D eigenvalue weighted by Crippen LogP contribution is 2.16. The van der Waals surface area contributed by atoms with Crippen LogP contribution < -0.4 is 5.73 Å². The predicted octanol–water partition coefficient (Wildman–Crippen LogP) is 0.0665. The highest BCUT2D eigenvalue weighted by molar-refractivity contribution is 7.89. The first-order chi connectivity index (χ1) is 6.92. The lowest BCUT2D eigenvalue weighted by Crippen LogP contribution is -2.05. The number of sulfone groups is 1. The van der Waals surface area contributed by atoms with Crippen LogP contribution in [-0.4, -0.2) is 31.4 Å². The lowest BCUT2D eigenvalue weighted by atomic mass is 10.1. The van der Waals surface area contributed by atoms with E-state index < -0.39 is 9.84 Å². The van der Waals surface area contributed by atoms with Gasteiger partial charge in [-0.1, -0.05) is 12.1 Å². The summed E-state index contributed by atoms with van der Waals surface area (Å²) in [4.78, 5) is 4.00. The minimum atomic E-state index is -3.11. The molecule has 0 bridgehead atoms. The molecule has 2 N–H and O–H groups in total. The molecule has 86 valence electrons. The number of rotatable bonds is 5. The lowest BCUT2D eigenvalue weighted by Gasteiger charge is -2.01. The maximum absolute atomic E-state index is 11.0. The Morgan fingerprint density at radius 2 is 2.20 bits per heavy atom. The van der Waals surface area contributed by atoms with Crippen LogP contribution in [0.4, 0.5) is 0 Å². The number of aromatic nitrogens is 2. The topological polar surface area (TPSA) is 99.1 Å². The van der Waals surface area contributed by atoms with E-state index >= 15 is 0 Å². The Labute approximate surface area is 88.8 Å². The Morgan fingerprint density at radius 1 is 1.53 bits per heavy atom. The molecular weight excluding hydrogens is 218 g/mol. The van der Waals surface area contributed by atoms with Gasteiger partial charge in [0, 0.05) is 12.2 Å². The Bertz CT molecular complexity index is 413. The molecular formula is C8H15N3O3S. The average molecular weight is 233 g/mol. The fourth-order valence-corrected chi connectivity index (χ4v) is 1.72. The van der Waals surface area contributed by atoms with Gasteiger partial charge in [-0.15, -0.1) is 0 Å². The molecule has 15 heavy (non-hydrogen) atoms. The van der Waals surface area contributed by atoms with Gasteiger partial charge in [0.2, 0.25) is 5.89 Å². The van der Waals surface area contributed by atoms with Gasteiger partial charge in [0.25, 0.3) is 0 Å². The van der Waals surface area contributed by atoms with Crippen LogP contribution in [0.1, 0.15) is 31.0 Å². The van der Waals surface area contributed by atoms with Gasteiger partial charge in [0.05, 0.1) is 0 Å². The first kappa shape index (κ1) is 12.1. The second-order valence-electron chi connectivity index (χ2n) is 3.60. The minimum Gasteiger partial charge on any atom is -0.339 e. The van der Waals surface area contributed by atoms with Gasteiger partial charge >= 0.3 is 0 Å². The van der Waals surface area contributed by atoms with Gasteiger partial charge in [-0.2, -0.15) is 4.98 Å². The van der Waals surface area contributed by atoms with E-state index in [-0.39, 0.29) is 17.5 Å². The largest absolute Gasteiger partial charge is 0.339 e. The molecule has 1 unspecified atom stereocenters. The van der Waals surface area contributed by atoms with Crippen molar-refractivity contribution < 1.29 is 12.9 Å². The quantitative estimate of drug-likeness (QED) is 0.772. The Balaban J connectivity index is 2.72. The van der Waals surface area contributed by atoms with Crippen molar-refractivity contribution in [2.75, 3.05) is 12.8 Å². The number of hydrogen-bond acceptors (Lipinski definition) is 6. The van der Waals surface area contributed by atoms with E-state index in [1.165, 1.54) is 0 Å². The summed E-state index contributed by atoms with van der Waals surface area (Å²) in [5.41, 5.74) is 5.39. The summed E-state index contributed by atoms with van der Waals surface area (Å²) in [6, 6.07) is 0. The highest BCUT2D eigenvalue weighted by atomic mass is 32.2. The monoisotopic (exact) mass is 233 g/mol. The molecule has 0 saturated heterocycles. The van der Waals surface area contributed by atoms with Crippen LogP contribution in [0, 0.1) is 0 Å². The van der Waals surface area contributed by atoms with Gasteiger partial charge in [-0.05, 0) is 13.0 Å². The molecule has 1 heterocycles. The highest BCUT2D eigenvalue weighted by Gasteiger charge is 2.16. The molecule has 7 heteroatoms. The third-order valence-electron chi connectivity index (χ3n) is 1.90. The molecule has 0 aromatic carbocycles. The summed E-state index contributed by atoms with van der Waals surface area (Å²) >= 11 is 0. The SMILES string of the molecule is CC(CCN)c1nc(CS(C)(=O)=O)no1. The van der Waals surface area contributed by atoms with E-state index in [9.17, 15) is 8.42 Å². The van der Waals surface area contributed by atoms with Crippen molar-refractivity contribution >= 4 is 9.84 Å². The molecule has 1 aromatic rings. The number of nitrogens with zero attached hydrogens (tertiary/aromatic N) is 2. The van der Waals surface area contributed by atoms with Crippen molar-refractivity contribution in [1.82, 2.24) is 10.1 Å². The van der Waals surface area contributed by atoms with Crippen LogP contribution in [-0.2, 0) is 15.6 Å². The maximum Gasteiger partial charge on any atom is 0.229 e. The van der Waals surface area contributed by atoms with Gasteiger partial charge in [0.15, 0.2) is 15.7 Å². The average Bonchev–Trinajstić information content (AvgIpc) is 2.50. The summed E-state index contributed by atoms with van der Waals surface area (Å²) in [5.74, 6) is 0.526. The fraction of sp³-hybridized carbons (Fsp3) is 0.750. The van der Waals surface area contributed by atoms with Crippen LogP contribution in [0.25, 0.3) is 0 Å². The lowest BCUT2D eigenvalue weighted by molar-refractivity contribution is 0.351. The standard InChI is InChI=1S/C8H15N3O3S/c1-6(3-4-9)8-10-7(11-14-8)5-15(2,12)13/h6H,3-5,9H2,1-2H3. The smallest absolute Gasteiger partial charge is 0.229 e. The second-order valence-corrected chi connectivity index (χ2v) is 5.74. The molecule has 1 rings (SSSR count). The summed E-state index contributed by atoms with van der Waals surface area (Å²) in [7, 11) is -3.11. The van der Waals surface area contributed by atoms with E-state index in [0.717, 1.165) is 12.7 Å². The third-order valence-corrected chi connectivity index (χ3v) is 2.68. The second kappa shape index (κ2) is 4.71. The van der Waals surface area contributed by atoms with Crippen LogP contribution in [0.3, 0.4) is 0 Å². The molecule has 1 atom stereocenters. The normalized spacial score (nSPS) is 14.1. The van der Waals surface area contributed by atoms with Crippen molar-refractivity contribution in [2.45, 2.75) is 25.0 Å². The first-order valence-electron chi connectivity index (χ1n) is 4.62. The van der Waals surface area contributed by atoms with Crippen molar-refractivity contribution in [3.05, 3.63) is 11.7 Å². The van der Waals surface area contributed by atoms with E-state index in [0.29, 0.717) is 12.4 Å². The van der Waals surface area contributed by atoms with Crippen LogP contribution in [0.5, 0.6) is 0 Å². The Morgan fingerprint density at radius 3 is 2.73 bits per heavy atom. The zero-order valence-electron chi connectivity index (χ0n) is 8.80. The molecule has 0 aliphatic carbocycles. The molecule has 6 nitrogen and oxygen atoms in total. The van der Waals surface area contributed by atoms with E-state index in [2.05, 4.69) is 10.1 Å². The summed E-state index contributed by atoms with van der Waals surface area (Å²) < 4.78 is 26.9. The molecule has 0 amide bonds. The molecule has 0 saturated carbocycles. The maximum atomic E-state index is 11.0. The van der Waals surface area contributed by atoms with Gasteiger partial charge < -0.3 is 10.3 Å². The van der Waals surface area contributed by atoms with E-state index in [1.807, 2.05) is 6.92 Å². The van der Waals surface area contributed by atoms with E-state index in [1.54, 1.807) is 0 Å². The zero-order chi connectivity index (χ0) is 11.5. The molecule has 0 aliphatic rings. The molecule has 1 aromatic heterocycles. The van der Waals surface area contributed by atoms with Crippen molar-refractivity contribution in [3.63, 3.8) is 0 Å². The van der Waals surface area contributed by atoms with Crippen LogP contribution in [0.15, 0.2) is 4.52 Å².